The van der Waals surface area contributed by atoms with Crippen molar-refractivity contribution in [3.05, 3.63) is 34.5 Å². The van der Waals surface area contributed by atoms with Crippen LogP contribution in [0.5, 0.6) is 5.75 Å². The summed E-state index contributed by atoms with van der Waals surface area (Å²) in [6.45, 7) is 6.42. The molecule has 0 aliphatic heterocycles. The van der Waals surface area contributed by atoms with E-state index >= 15 is 0 Å². The Morgan fingerprint density at radius 3 is 2.62 bits per heavy atom. The number of nitrogens with two attached hydrogens (primary N) is 1. The summed E-state index contributed by atoms with van der Waals surface area (Å²) in [5.41, 5.74) is 7.45. The first-order chi connectivity index (χ1) is 11.1. The Hall–Kier alpha value is -2.21. The summed E-state index contributed by atoms with van der Waals surface area (Å²) in [4.78, 5) is 12.6. The van der Waals surface area contributed by atoms with Crippen LogP contribution >= 0.6 is 11.6 Å². The number of nitrogens with one attached hydrogen (secondary N) is 1. The standard InChI is InChI=1S/C17H23ClN4O2/c1-17(2,3)9-10-6-15(22(4)21-10)20-16(23)11-7-12(18)13(19)8-14(11)24-5/h6-8H,9,19H2,1-5H3,(H,20,23). The second kappa shape index (κ2) is 6.73. The molecule has 0 fully saturated rings. The number of anilines is 2. The Morgan fingerprint density at radius 2 is 2.04 bits per heavy atom. The smallest absolute Gasteiger partial charge is 0.260 e. The number of amides is 1. The zero-order chi connectivity index (χ0) is 18.1. The average molecular weight is 351 g/mol. The number of aryl methyl sites for hydroxylation is 1. The van der Waals surface area contributed by atoms with Crippen LogP contribution in [-0.2, 0) is 13.5 Å². The molecule has 0 unspecified atom stereocenters. The summed E-state index contributed by atoms with van der Waals surface area (Å²) in [5, 5.41) is 7.58. The molecule has 130 valence electrons. The predicted octanol–water partition coefficient (Wildman–Crippen LogP) is 3.51. The van der Waals surface area contributed by atoms with Gasteiger partial charge in [-0.05, 0) is 17.9 Å². The zero-order valence-electron chi connectivity index (χ0n) is 14.6. The molecule has 1 aromatic carbocycles. The van der Waals surface area contributed by atoms with Crippen molar-refractivity contribution in [1.29, 1.82) is 0 Å². The van der Waals surface area contributed by atoms with Gasteiger partial charge in [-0.25, -0.2) is 0 Å². The molecule has 6 nitrogen and oxygen atoms in total. The fourth-order valence-corrected chi connectivity index (χ4v) is 2.54. The molecule has 0 spiro atoms. The molecule has 3 N–H and O–H groups in total. The van der Waals surface area contributed by atoms with Gasteiger partial charge in [0.15, 0.2) is 0 Å². The summed E-state index contributed by atoms with van der Waals surface area (Å²) >= 11 is 6.02. The third-order valence-electron chi connectivity index (χ3n) is 3.45. The molecular formula is C17H23ClN4O2. The van der Waals surface area contributed by atoms with Crippen molar-refractivity contribution in [3.63, 3.8) is 0 Å². The van der Waals surface area contributed by atoms with Gasteiger partial charge in [0.2, 0.25) is 0 Å². The number of aromatic nitrogens is 2. The van der Waals surface area contributed by atoms with Crippen molar-refractivity contribution in [3.8, 4) is 5.75 Å². The normalized spacial score (nSPS) is 11.4. The molecular weight excluding hydrogens is 328 g/mol. The third-order valence-corrected chi connectivity index (χ3v) is 3.77. The predicted molar refractivity (Wildman–Crippen MR) is 96.7 cm³/mol. The van der Waals surface area contributed by atoms with Crippen LogP contribution in [0.1, 0.15) is 36.8 Å². The number of nitrogens with zero attached hydrogens (tertiary/aromatic N) is 2. The van der Waals surface area contributed by atoms with E-state index in [0.717, 1.165) is 12.1 Å². The Balaban J connectivity index is 2.26. The van der Waals surface area contributed by atoms with E-state index in [9.17, 15) is 4.79 Å². The van der Waals surface area contributed by atoms with E-state index in [1.807, 2.05) is 6.07 Å². The molecule has 1 amide bonds. The fourth-order valence-electron chi connectivity index (χ4n) is 2.37. The van der Waals surface area contributed by atoms with E-state index in [1.54, 1.807) is 11.7 Å². The van der Waals surface area contributed by atoms with Crippen molar-refractivity contribution in [2.24, 2.45) is 12.5 Å². The van der Waals surface area contributed by atoms with Gasteiger partial charge in [-0.1, -0.05) is 32.4 Å². The molecule has 7 heteroatoms. The molecule has 0 saturated carbocycles. The summed E-state index contributed by atoms with van der Waals surface area (Å²) < 4.78 is 6.86. The minimum absolute atomic E-state index is 0.114. The first kappa shape index (κ1) is 18.1. The lowest BCUT2D eigenvalue weighted by molar-refractivity contribution is 0.102. The van der Waals surface area contributed by atoms with Gasteiger partial charge in [-0.3, -0.25) is 9.48 Å². The number of rotatable bonds is 4. The van der Waals surface area contributed by atoms with E-state index in [2.05, 4.69) is 31.2 Å². The maximum atomic E-state index is 12.6. The Bertz CT molecular complexity index is 763. The highest BCUT2D eigenvalue weighted by molar-refractivity contribution is 6.33. The fraction of sp³-hybridized carbons (Fsp3) is 0.412. The van der Waals surface area contributed by atoms with Gasteiger partial charge in [0.05, 0.1) is 29.1 Å². The number of methoxy groups -OCH3 is 1. The molecule has 2 rings (SSSR count). The Morgan fingerprint density at radius 1 is 1.38 bits per heavy atom. The number of hydrogen-bond acceptors (Lipinski definition) is 4. The second-order valence-electron chi connectivity index (χ2n) is 6.91. The first-order valence-corrected chi connectivity index (χ1v) is 7.96. The van der Waals surface area contributed by atoms with Crippen LogP contribution in [0.25, 0.3) is 0 Å². The minimum Gasteiger partial charge on any atom is -0.496 e. The number of carbonyl (C=O) groups excluding carboxylic acids is 1. The van der Waals surface area contributed by atoms with Crippen LogP contribution in [-0.4, -0.2) is 22.8 Å². The van der Waals surface area contributed by atoms with Gasteiger partial charge in [-0.2, -0.15) is 5.10 Å². The zero-order valence-corrected chi connectivity index (χ0v) is 15.4. The number of benzene rings is 1. The highest BCUT2D eigenvalue weighted by Crippen LogP contribution is 2.29. The highest BCUT2D eigenvalue weighted by atomic mass is 35.5. The average Bonchev–Trinajstić information content (AvgIpc) is 2.78. The van der Waals surface area contributed by atoms with Gasteiger partial charge in [0.25, 0.3) is 5.91 Å². The number of halogens is 1. The number of hydrogen-bond donors (Lipinski definition) is 2. The highest BCUT2D eigenvalue weighted by Gasteiger charge is 2.19. The second-order valence-corrected chi connectivity index (χ2v) is 7.32. The van der Waals surface area contributed by atoms with Crippen LogP contribution in [0.3, 0.4) is 0 Å². The lowest BCUT2D eigenvalue weighted by Gasteiger charge is -2.15. The number of carbonyl (C=O) groups is 1. The van der Waals surface area contributed by atoms with Crippen LogP contribution in [0.4, 0.5) is 11.5 Å². The van der Waals surface area contributed by atoms with Gasteiger partial charge in [-0.15, -0.1) is 0 Å². The Labute approximate surface area is 146 Å². The maximum absolute atomic E-state index is 12.6. The van der Waals surface area contributed by atoms with E-state index in [4.69, 9.17) is 22.1 Å². The summed E-state index contributed by atoms with van der Waals surface area (Å²) in [6, 6.07) is 4.90. The quantitative estimate of drug-likeness (QED) is 0.827. The molecule has 0 aliphatic rings. The van der Waals surface area contributed by atoms with E-state index in [0.29, 0.717) is 27.8 Å². The molecule has 0 saturated heterocycles. The SMILES string of the molecule is COc1cc(N)c(Cl)cc1C(=O)Nc1cc(CC(C)(C)C)nn1C. The largest absolute Gasteiger partial charge is 0.496 e. The molecule has 1 aromatic heterocycles. The lowest BCUT2D eigenvalue weighted by Crippen LogP contribution is -2.15. The molecule has 24 heavy (non-hydrogen) atoms. The number of ether oxygens (including phenoxy) is 1. The Kier molecular flexibility index (Phi) is 5.08. The van der Waals surface area contributed by atoms with Crippen LogP contribution in [0, 0.1) is 5.41 Å². The van der Waals surface area contributed by atoms with Crippen LogP contribution < -0.4 is 15.8 Å². The molecule has 0 bridgehead atoms. The molecule has 1 heterocycles. The number of nitrogen functional groups attached to an aromatic ring is 1. The van der Waals surface area contributed by atoms with Crippen molar-refractivity contribution in [2.75, 3.05) is 18.2 Å². The summed E-state index contributed by atoms with van der Waals surface area (Å²) in [5.74, 6) is 0.639. The van der Waals surface area contributed by atoms with Crippen LogP contribution in [0.15, 0.2) is 18.2 Å². The monoisotopic (exact) mass is 350 g/mol. The third kappa shape index (κ3) is 4.20. The van der Waals surface area contributed by atoms with Gasteiger partial charge in [0.1, 0.15) is 11.6 Å². The molecule has 0 atom stereocenters. The molecule has 0 radical (unpaired) electrons. The van der Waals surface area contributed by atoms with E-state index in [-0.39, 0.29) is 11.3 Å². The van der Waals surface area contributed by atoms with Crippen molar-refractivity contribution >= 4 is 29.0 Å². The molecule has 0 aliphatic carbocycles. The van der Waals surface area contributed by atoms with E-state index in [1.165, 1.54) is 19.2 Å². The van der Waals surface area contributed by atoms with Gasteiger partial charge >= 0.3 is 0 Å². The first-order valence-electron chi connectivity index (χ1n) is 7.58. The van der Waals surface area contributed by atoms with E-state index < -0.39 is 0 Å². The van der Waals surface area contributed by atoms with Crippen molar-refractivity contribution < 1.29 is 9.53 Å². The van der Waals surface area contributed by atoms with Gasteiger partial charge in [0, 0.05) is 19.2 Å². The van der Waals surface area contributed by atoms with Crippen molar-refractivity contribution in [1.82, 2.24) is 9.78 Å². The topological polar surface area (TPSA) is 82.2 Å². The minimum atomic E-state index is -0.334. The van der Waals surface area contributed by atoms with Crippen LogP contribution in [0.2, 0.25) is 5.02 Å². The van der Waals surface area contributed by atoms with Crippen molar-refractivity contribution in [2.45, 2.75) is 27.2 Å². The maximum Gasteiger partial charge on any atom is 0.260 e. The summed E-state index contributed by atoms with van der Waals surface area (Å²) in [7, 11) is 3.26. The molecule has 2 aromatic rings. The van der Waals surface area contributed by atoms with Gasteiger partial charge < -0.3 is 15.8 Å². The summed E-state index contributed by atoms with van der Waals surface area (Å²) in [6.07, 6.45) is 0.813. The lowest BCUT2D eigenvalue weighted by atomic mass is 9.91.